The minimum Gasteiger partial charge on any atom is -0.355 e. The predicted molar refractivity (Wildman–Crippen MR) is 68.4 cm³/mol. The molecule has 0 rings (SSSR count). The zero-order valence-corrected chi connectivity index (χ0v) is 11.4. The number of hydrogen-bond acceptors (Lipinski definition) is 3. The summed E-state index contributed by atoms with van der Waals surface area (Å²) in [6.45, 7) is 9.19. The van der Waals surface area contributed by atoms with E-state index in [-0.39, 0.29) is 11.8 Å². The molecular formula is C12H25N3O2. The van der Waals surface area contributed by atoms with Gasteiger partial charge in [0.1, 0.15) is 0 Å². The first-order valence-electron chi connectivity index (χ1n) is 6.17. The number of nitrogens with one attached hydrogen (secondary N) is 1. The first-order chi connectivity index (χ1) is 7.82. The first kappa shape index (κ1) is 15.9. The van der Waals surface area contributed by atoms with Crippen LogP contribution in [0.25, 0.3) is 0 Å². The van der Waals surface area contributed by atoms with E-state index in [1.165, 1.54) is 0 Å². The second kappa shape index (κ2) is 7.27. The van der Waals surface area contributed by atoms with Gasteiger partial charge < -0.3 is 16.0 Å². The molecule has 0 aromatic carbocycles. The van der Waals surface area contributed by atoms with Gasteiger partial charge in [0.25, 0.3) is 0 Å². The van der Waals surface area contributed by atoms with Crippen molar-refractivity contribution in [3.8, 4) is 0 Å². The van der Waals surface area contributed by atoms with Crippen LogP contribution in [0.4, 0.5) is 0 Å². The highest BCUT2D eigenvalue weighted by atomic mass is 16.2. The fourth-order valence-corrected chi connectivity index (χ4v) is 1.40. The molecule has 17 heavy (non-hydrogen) atoms. The zero-order chi connectivity index (χ0) is 13.5. The van der Waals surface area contributed by atoms with Gasteiger partial charge in [-0.1, -0.05) is 0 Å². The summed E-state index contributed by atoms with van der Waals surface area (Å²) in [5.74, 6) is -0.0518. The van der Waals surface area contributed by atoms with E-state index in [0.717, 1.165) is 13.1 Å². The zero-order valence-electron chi connectivity index (χ0n) is 11.4. The van der Waals surface area contributed by atoms with Gasteiger partial charge >= 0.3 is 0 Å². The molecule has 0 bridgehead atoms. The van der Waals surface area contributed by atoms with Crippen LogP contribution in [0.5, 0.6) is 0 Å². The van der Waals surface area contributed by atoms with E-state index in [0.29, 0.717) is 19.4 Å². The standard InChI is InChI=1S/C12H25N3O2/c1-5-15(6-2)10(16)8-7-9-14-11(17)12(3,4)13/h5-9,13H2,1-4H3,(H,14,17). The molecule has 0 aliphatic carbocycles. The van der Waals surface area contributed by atoms with Crippen molar-refractivity contribution in [1.82, 2.24) is 10.2 Å². The molecule has 0 spiro atoms. The molecule has 0 radical (unpaired) electrons. The molecule has 0 fully saturated rings. The summed E-state index contributed by atoms with van der Waals surface area (Å²) in [7, 11) is 0. The molecule has 0 aromatic rings. The summed E-state index contributed by atoms with van der Waals surface area (Å²) in [5.41, 5.74) is 4.77. The fourth-order valence-electron chi connectivity index (χ4n) is 1.40. The second-order valence-electron chi connectivity index (χ2n) is 4.65. The minimum absolute atomic E-state index is 0.135. The van der Waals surface area contributed by atoms with E-state index in [2.05, 4.69) is 5.32 Å². The van der Waals surface area contributed by atoms with E-state index < -0.39 is 5.54 Å². The third-order valence-corrected chi connectivity index (χ3v) is 2.55. The van der Waals surface area contributed by atoms with Crippen molar-refractivity contribution >= 4 is 11.8 Å². The number of carbonyl (C=O) groups is 2. The van der Waals surface area contributed by atoms with Crippen molar-refractivity contribution in [2.24, 2.45) is 5.73 Å². The van der Waals surface area contributed by atoms with Crippen molar-refractivity contribution in [3.05, 3.63) is 0 Å². The number of amides is 2. The number of nitrogens with zero attached hydrogens (tertiary/aromatic N) is 1. The maximum absolute atomic E-state index is 11.6. The first-order valence-corrected chi connectivity index (χ1v) is 6.17. The van der Waals surface area contributed by atoms with E-state index in [1.807, 2.05) is 13.8 Å². The van der Waals surface area contributed by atoms with E-state index in [1.54, 1.807) is 18.7 Å². The second-order valence-corrected chi connectivity index (χ2v) is 4.65. The van der Waals surface area contributed by atoms with Gasteiger partial charge in [0.2, 0.25) is 11.8 Å². The highest BCUT2D eigenvalue weighted by Crippen LogP contribution is 1.99. The van der Waals surface area contributed by atoms with Crippen LogP contribution in [-0.4, -0.2) is 41.9 Å². The highest BCUT2D eigenvalue weighted by molar-refractivity contribution is 5.85. The van der Waals surface area contributed by atoms with Gasteiger partial charge in [0.15, 0.2) is 0 Å². The molecule has 5 nitrogen and oxygen atoms in total. The van der Waals surface area contributed by atoms with Crippen LogP contribution in [0.3, 0.4) is 0 Å². The van der Waals surface area contributed by atoms with Gasteiger partial charge in [0, 0.05) is 26.1 Å². The van der Waals surface area contributed by atoms with Gasteiger partial charge in [-0.25, -0.2) is 0 Å². The summed E-state index contributed by atoms with van der Waals surface area (Å²) in [6.07, 6.45) is 1.12. The van der Waals surface area contributed by atoms with E-state index in [4.69, 9.17) is 5.73 Å². The predicted octanol–water partition coefficient (Wildman–Crippen LogP) is 0.489. The molecule has 0 aliphatic rings. The van der Waals surface area contributed by atoms with Crippen molar-refractivity contribution in [2.45, 2.75) is 46.1 Å². The smallest absolute Gasteiger partial charge is 0.239 e. The lowest BCUT2D eigenvalue weighted by Crippen LogP contribution is -2.49. The Balaban J connectivity index is 3.79. The van der Waals surface area contributed by atoms with Gasteiger partial charge in [-0.05, 0) is 34.1 Å². The molecule has 0 aromatic heterocycles. The molecule has 0 aliphatic heterocycles. The Kier molecular flexibility index (Phi) is 6.80. The highest BCUT2D eigenvalue weighted by Gasteiger charge is 2.20. The molecule has 0 atom stereocenters. The molecule has 2 amide bonds. The Labute approximate surface area is 104 Å². The molecule has 0 saturated heterocycles. The maximum Gasteiger partial charge on any atom is 0.239 e. The van der Waals surface area contributed by atoms with Crippen LogP contribution < -0.4 is 11.1 Å². The van der Waals surface area contributed by atoms with Gasteiger partial charge in [-0.3, -0.25) is 9.59 Å². The quantitative estimate of drug-likeness (QED) is 0.639. The SMILES string of the molecule is CCN(CC)C(=O)CCCNC(=O)C(C)(C)N. The van der Waals surface area contributed by atoms with Gasteiger partial charge in [-0.15, -0.1) is 0 Å². The van der Waals surface area contributed by atoms with Crippen LogP contribution in [0.15, 0.2) is 0 Å². The summed E-state index contributed by atoms with van der Waals surface area (Å²) >= 11 is 0. The third-order valence-electron chi connectivity index (χ3n) is 2.55. The van der Waals surface area contributed by atoms with Crippen molar-refractivity contribution in [3.63, 3.8) is 0 Å². The van der Waals surface area contributed by atoms with Crippen molar-refractivity contribution in [1.29, 1.82) is 0 Å². The maximum atomic E-state index is 11.6. The number of nitrogens with two attached hydrogens (primary N) is 1. The summed E-state index contributed by atoms with van der Waals surface area (Å²) in [6, 6.07) is 0. The summed E-state index contributed by atoms with van der Waals surface area (Å²) in [4.78, 5) is 24.8. The number of rotatable bonds is 7. The van der Waals surface area contributed by atoms with Crippen LogP contribution in [0, 0.1) is 0 Å². The number of carbonyl (C=O) groups excluding carboxylic acids is 2. The average molecular weight is 243 g/mol. The normalized spacial score (nSPS) is 11.1. The molecule has 0 saturated carbocycles. The monoisotopic (exact) mass is 243 g/mol. The fraction of sp³-hybridized carbons (Fsp3) is 0.833. The molecular weight excluding hydrogens is 218 g/mol. The Hall–Kier alpha value is -1.10. The van der Waals surface area contributed by atoms with Crippen LogP contribution in [0.1, 0.15) is 40.5 Å². The number of hydrogen-bond donors (Lipinski definition) is 2. The summed E-state index contributed by atoms with van der Waals surface area (Å²) < 4.78 is 0. The summed E-state index contributed by atoms with van der Waals surface area (Å²) in [5, 5.41) is 2.72. The molecule has 100 valence electrons. The van der Waals surface area contributed by atoms with E-state index in [9.17, 15) is 9.59 Å². The Morgan fingerprint density at radius 2 is 1.76 bits per heavy atom. The van der Waals surface area contributed by atoms with Gasteiger partial charge in [0.05, 0.1) is 5.54 Å². The van der Waals surface area contributed by atoms with Crippen molar-refractivity contribution in [2.75, 3.05) is 19.6 Å². The Morgan fingerprint density at radius 3 is 2.18 bits per heavy atom. The van der Waals surface area contributed by atoms with Crippen LogP contribution >= 0.6 is 0 Å². The lowest BCUT2D eigenvalue weighted by molar-refractivity contribution is -0.131. The molecule has 3 N–H and O–H groups in total. The lowest BCUT2D eigenvalue weighted by atomic mass is 10.1. The Morgan fingerprint density at radius 1 is 1.24 bits per heavy atom. The minimum atomic E-state index is -0.858. The van der Waals surface area contributed by atoms with Gasteiger partial charge in [-0.2, -0.15) is 0 Å². The molecule has 5 heteroatoms. The van der Waals surface area contributed by atoms with E-state index >= 15 is 0 Å². The Bertz CT molecular complexity index is 255. The molecule has 0 heterocycles. The van der Waals surface area contributed by atoms with Crippen LogP contribution in [0.2, 0.25) is 0 Å². The largest absolute Gasteiger partial charge is 0.355 e. The lowest BCUT2D eigenvalue weighted by Gasteiger charge is -2.19. The topological polar surface area (TPSA) is 75.4 Å². The third kappa shape index (κ3) is 6.26. The molecule has 0 unspecified atom stereocenters. The average Bonchev–Trinajstić information content (AvgIpc) is 2.24. The van der Waals surface area contributed by atoms with Crippen molar-refractivity contribution < 1.29 is 9.59 Å². The van der Waals surface area contributed by atoms with Crippen LogP contribution in [-0.2, 0) is 9.59 Å².